The number of rotatable bonds is 3. The number of hydrogen-bond acceptors (Lipinski definition) is 5. The Labute approximate surface area is 107 Å². The fraction of sp³-hybridized carbons (Fsp3) is 0.0833. The Kier molecular flexibility index (Phi) is 3.47. The van der Waals surface area contributed by atoms with Gasteiger partial charge in [-0.2, -0.15) is 0 Å². The fourth-order valence-corrected chi connectivity index (χ4v) is 2.35. The molecule has 1 heterocycles. The number of aryl methyl sites for hydroxylation is 1. The molecule has 0 bridgehead atoms. The van der Waals surface area contributed by atoms with E-state index in [9.17, 15) is 9.59 Å². The monoisotopic (exact) mass is 261 g/mol. The Morgan fingerprint density at radius 2 is 2.17 bits per heavy atom. The van der Waals surface area contributed by atoms with Crippen LogP contribution in [0, 0.1) is 6.92 Å². The number of carbonyl (C=O) groups excluding carboxylic acids is 1. The molecular formula is C12H11N3O2S. The predicted molar refractivity (Wildman–Crippen MR) is 70.0 cm³/mol. The lowest BCUT2D eigenvalue weighted by molar-refractivity contribution is 0.112. The number of nitrogen functional groups attached to an aromatic ring is 1. The van der Waals surface area contributed by atoms with Gasteiger partial charge < -0.3 is 10.7 Å². The van der Waals surface area contributed by atoms with Crippen molar-refractivity contribution in [2.75, 3.05) is 5.73 Å². The number of H-pyrrole nitrogens is 1. The summed E-state index contributed by atoms with van der Waals surface area (Å²) in [4.78, 5) is 29.4. The molecule has 2 aromatic rings. The summed E-state index contributed by atoms with van der Waals surface area (Å²) in [6.07, 6.45) is 0.810. The van der Waals surface area contributed by atoms with Crippen molar-refractivity contribution in [3.8, 4) is 0 Å². The smallest absolute Gasteiger partial charge is 0.253 e. The summed E-state index contributed by atoms with van der Waals surface area (Å²) in [6, 6.07) is 6.61. The Hall–Kier alpha value is -2.08. The molecule has 0 unspecified atom stereocenters. The van der Waals surface area contributed by atoms with Crippen LogP contribution in [-0.4, -0.2) is 16.3 Å². The number of nitrogens with zero attached hydrogens (tertiary/aromatic N) is 1. The van der Waals surface area contributed by atoms with E-state index in [-0.39, 0.29) is 11.4 Å². The van der Waals surface area contributed by atoms with Crippen molar-refractivity contribution in [2.45, 2.75) is 17.0 Å². The number of aromatic amines is 1. The first-order valence-corrected chi connectivity index (χ1v) is 6.00. The van der Waals surface area contributed by atoms with Crippen LogP contribution in [0.25, 0.3) is 0 Å². The van der Waals surface area contributed by atoms with E-state index in [0.717, 1.165) is 16.7 Å². The number of carbonyl (C=O) groups is 1. The highest BCUT2D eigenvalue weighted by Gasteiger charge is 2.04. The molecule has 0 radical (unpaired) electrons. The first kappa shape index (κ1) is 12.4. The second-order valence-electron chi connectivity index (χ2n) is 3.71. The zero-order chi connectivity index (χ0) is 13.1. The normalized spacial score (nSPS) is 10.3. The maximum absolute atomic E-state index is 11.2. The number of aromatic nitrogens is 2. The van der Waals surface area contributed by atoms with E-state index >= 15 is 0 Å². The van der Waals surface area contributed by atoms with E-state index < -0.39 is 0 Å². The van der Waals surface area contributed by atoms with E-state index in [4.69, 9.17) is 5.73 Å². The Balaban J connectivity index is 2.31. The molecule has 3 N–H and O–H groups in total. The molecule has 92 valence electrons. The van der Waals surface area contributed by atoms with Gasteiger partial charge in [0.05, 0.1) is 0 Å². The van der Waals surface area contributed by atoms with Crippen molar-refractivity contribution >= 4 is 23.9 Å². The Bertz CT molecular complexity index is 652. The van der Waals surface area contributed by atoms with Gasteiger partial charge in [-0.15, -0.1) is 0 Å². The summed E-state index contributed by atoms with van der Waals surface area (Å²) >= 11 is 1.29. The van der Waals surface area contributed by atoms with Gasteiger partial charge in [0.15, 0.2) is 5.16 Å². The quantitative estimate of drug-likeness (QED) is 0.647. The summed E-state index contributed by atoms with van der Waals surface area (Å²) in [7, 11) is 0. The van der Waals surface area contributed by atoms with Gasteiger partial charge in [0, 0.05) is 16.5 Å². The van der Waals surface area contributed by atoms with Crippen LogP contribution < -0.4 is 11.3 Å². The Morgan fingerprint density at radius 3 is 2.78 bits per heavy atom. The zero-order valence-corrected chi connectivity index (χ0v) is 10.5. The molecule has 2 rings (SSSR count). The van der Waals surface area contributed by atoms with Crippen molar-refractivity contribution in [1.82, 2.24) is 9.97 Å². The van der Waals surface area contributed by atoms with Crippen LogP contribution in [0.1, 0.15) is 15.9 Å². The van der Waals surface area contributed by atoms with Crippen LogP contribution in [0.3, 0.4) is 0 Å². The summed E-state index contributed by atoms with van der Waals surface area (Å²) in [5.41, 5.74) is 6.73. The van der Waals surface area contributed by atoms with Gasteiger partial charge in [-0.3, -0.25) is 9.59 Å². The maximum Gasteiger partial charge on any atom is 0.253 e. The molecule has 6 heteroatoms. The van der Waals surface area contributed by atoms with E-state index in [1.165, 1.54) is 17.8 Å². The van der Waals surface area contributed by atoms with Crippen LogP contribution in [0.4, 0.5) is 5.82 Å². The lowest BCUT2D eigenvalue weighted by Gasteiger charge is -2.04. The van der Waals surface area contributed by atoms with Crippen molar-refractivity contribution in [2.24, 2.45) is 0 Å². The minimum absolute atomic E-state index is 0.183. The number of benzene rings is 1. The van der Waals surface area contributed by atoms with Crippen molar-refractivity contribution in [1.29, 1.82) is 0 Å². The van der Waals surface area contributed by atoms with Gasteiger partial charge in [0.2, 0.25) is 0 Å². The maximum atomic E-state index is 11.2. The molecular weight excluding hydrogens is 250 g/mol. The third-order valence-corrected chi connectivity index (χ3v) is 3.20. The zero-order valence-electron chi connectivity index (χ0n) is 9.64. The molecule has 18 heavy (non-hydrogen) atoms. The molecule has 0 aliphatic carbocycles. The van der Waals surface area contributed by atoms with Crippen molar-refractivity contribution in [3.63, 3.8) is 0 Å². The van der Waals surface area contributed by atoms with Crippen LogP contribution in [-0.2, 0) is 0 Å². The molecule has 0 aliphatic rings. The largest absolute Gasteiger partial charge is 0.383 e. The molecule has 0 saturated heterocycles. The highest BCUT2D eigenvalue weighted by molar-refractivity contribution is 7.99. The molecule has 1 aromatic heterocycles. The second-order valence-corrected chi connectivity index (χ2v) is 4.78. The third-order valence-electron chi connectivity index (χ3n) is 2.32. The highest BCUT2D eigenvalue weighted by atomic mass is 32.2. The van der Waals surface area contributed by atoms with Gasteiger partial charge in [-0.25, -0.2) is 4.98 Å². The molecule has 0 fully saturated rings. The average Bonchev–Trinajstić information content (AvgIpc) is 2.27. The first-order chi connectivity index (χ1) is 8.58. The molecule has 0 saturated carbocycles. The van der Waals surface area contributed by atoms with Crippen LogP contribution >= 0.6 is 11.8 Å². The van der Waals surface area contributed by atoms with Crippen LogP contribution in [0.5, 0.6) is 0 Å². The van der Waals surface area contributed by atoms with Gasteiger partial charge >= 0.3 is 0 Å². The lowest BCUT2D eigenvalue weighted by Crippen LogP contribution is -2.09. The number of anilines is 1. The SMILES string of the molecule is Cc1cc(Sc2nc(N)cc(=O)[nH]2)ccc1C=O. The summed E-state index contributed by atoms with van der Waals surface area (Å²) in [6.45, 7) is 1.85. The van der Waals surface area contributed by atoms with E-state index in [0.29, 0.717) is 10.7 Å². The standard InChI is InChI=1S/C12H11N3O2S/c1-7-4-9(3-2-8(7)6-16)18-12-14-10(13)5-11(17)15-12/h2-6H,1H3,(H3,13,14,15,17). The summed E-state index contributed by atoms with van der Waals surface area (Å²) < 4.78 is 0. The van der Waals surface area contributed by atoms with Gasteiger partial charge in [-0.1, -0.05) is 17.8 Å². The van der Waals surface area contributed by atoms with Gasteiger partial charge in [0.25, 0.3) is 5.56 Å². The van der Waals surface area contributed by atoms with E-state index in [1.807, 2.05) is 13.0 Å². The molecule has 1 aromatic carbocycles. The molecule has 5 nitrogen and oxygen atoms in total. The van der Waals surface area contributed by atoms with Crippen LogP contribution in [0.15, 0.2) is 39.1 Å². The number of nitrogens with one attached hydrogen (secondary N) is 1. The third kappa shape index (κ3) is 2.78. The Morgan fingerprint density at radius 1 is 1.39 bits per heavy atom. The van der Waals surface area contributed by atoms with Gasteiger partial charge in [0.1, 0.15) is 12.1 Å². The minimum Gasteiger partial charge on any atom is -0.383 e. The summed E-state index contributed by atoms with van der Waals surface area (Å²) in [5.74, 6) is 0.183. The molecule has 0 atom stereocenters. The van der Waals surface area contributed by atoms with E-state index in [1.54, 1.807) is 12.1 Å². The van der Waals surface area contributed by atoms with E-state index in [2.05, 4.69) is 9.97 Å². The van der Waals surface area contributed by atoms with Gasteiger partial charge in [-0.05, 0) is 24.6 Å². The van der Waals surface area contributed by atoms with Crippen molar-refractivity contribution < 1.29 is 4.79 Å². The summed E-state index contributed by atoms with van der Waals surface area (Å²) in [5, 5.41) is 0.429. The fourth-order valence-electron chi connectivity index (χ4n) is 1.46. The highest BCUT2D eigenvalue weighted by Crippen LogP contribution is 2.25. The topological polar surface area (TPSA) is 88.8 Å². The second kappa shape index (κ2) is 5.05. The first-order valence-electron chi connectivity index (χ1n) is 5.19. The predicted octanol–water partition coefficient (Wildman–Crippen LogP) is 1.62. The lowest BCUT2D eigenvalue weighted by atomic mass is 10.1. The van der Waals surface area contributed by atoms with Crippen molar-refractivity contribution in [3.05, 3.63) is 45.7 Å². The number of hydrogen-bond donors (Lipinski definition) is 2. The number of nitrogens with two attached hydrogens (primary N) is 1. The number of aldehydes is 1. The van der Waals surface area contributed by atoms with Crippen LogP contribution in [0.2, 0.25) is 0 Å². The molecule has 0 amide bonds. The minimum atomic E-state index is -0.286. The molecule has 0 spiro atoms. The average molecular weight is 261 g/mol. The molecule has 0 aliphatic heterocycles.